The molecule has 0 aliphatic rings. The monoisotopic (exact) mass is 501 g/mol. The molecule has 0 heterocycles. The van der Waals surface area contributed by atoms with Crippen molar-refractivity contribution in [3.05, 3.63) is 112 Å². The third-order valence-electron chi connectivity index (χ3n) is 5.79. The van der Waals surface area contributed by atoms with E-state index in [1.165, 1.54) is 0 Å². The number of hydrogen-bond donors (Lipinski definition) is 3. The number of nitrogen functional groups attached to an aromatic ring is 1. The Labute approximate surface area is 214 Å². The van der Waals surface area contributed by atoms with Gasteiger partial charge in [0.2, 0.25) is 0 Å². The number of nitrogens with one attached hydrogen (secondary N) is 1. The number of benzene rings is 4. The van der Waals surface area contributed by atoms with E-state index in [1.807, 2.05) is 42.5 Å². The van der Waals surface area contributed by atoms with Crippen LogP contribution in [-0.2, 0) is 19.8 Å². The molecule has 0 bridgehead atoms. The minimum absolute atomic E-state index is 0.0153. The second-order valence-electron chi connectivity index (χ2n) is 8.38. The van der Waals surface area contributed by atoms with Crippen molar-refractivity contribution in [2.24, 2.45) is 5.18 Å². The van der Waals surface area contributed by atoms with Crippen LogP contribution in [0.4, 0.5) is 15.8 Å². The Morgan fingerprint density at radius 2 is 1.73 bits per heavy atom. The third kappa shape index (κ3) is 6.69. The fourth-order valence-electron chi connectivity index (χ4n) is 3.84. The highest BCUT2D eigenvalue weighted by atomic mass is 19.1. The van der Waals surface area contributed by atoms with Gasteiger partial charge < -0.3 is 25.6 Å². The number of aliphatic hydroxyl groups is 1. The molecule has 37 heavy (non-hydrogen) atoms. The standard InChI is InChI=1S/C29H28FN3O4/c30-29-23(7-4-8-25(29)21-5-2-1-3-6-21)19-36-24-11-10-22(17-32-13-14-34)28(16-24)37-18-20-9-12-27(33-35)26(31)15-20/h1-12,15-16,32,34H,13-14,17-19,31H2. The molecule has 0 saturated carbocycles. The highest BCUT2D eigenvalue weighted by Crippen LogP contribution is 2.29. The van der Waals surface area contributed by atoms with E-state index in [1.54, 1.807) is 42.5 Å². The van der Waals surface area contributed by atoms with Gasteiger partial charge in [0.25, 0.3) is 0 Å². The fourth-order valence-corrected chi connectivity index (χ4v) is 3.84. The van der Waals surface area contributed by atoms with E-state index in [4.69, 9.17) is 20.3 Å². The maximum Gasteiger partial charge on any atom is 0.137 e. The number of aliphatic hydroxyl groups excluding tert-OH is 1. The lowest BCUT2D eigenvalue weighted by Gasteiger charge is -2.15. The van der Waals surface area contributed by atoms with Crippen molar-refractivity contribution in [1.29, 1.82) is 0 Å². The van der Waals surface area contributed by atoms with Crippen LogP contribution in [0.3, 0.4) is 0 Å². The molecular weight excluding hydrogens is 473 g/mol. The summed E-state index contributed by atoms with van der Waals surface area (Å²) >= 11 is 0. The number of rotatable bonds is 12. The molecule has 4 N–H and O–H groups in total. The highest BCUT2D eigenvalue weighted by molar-refractivity contribution is 5.65. The number of halogens is 1. The zero-order chi connectivity index (χ0) is 26.0. The molecule has 7 nitrogen and oxygen atoms in total. The van der Waals surface area contributed by atoms with E-state index in [0.29, 0.717) is 35.7 Å². The van der Waals surface area contributed by atoms with Crippen molar-refractivity contribution >= 4 is 11.4 Å². The Balaban J connectivity index is 1.50. The lowest BCUT2D eigenvalue weighted by Crippen LogP contribution is -2.18. The molecule has 0 radical (unpaired) electrons. The highest BCUT2D eigenvalue weighted by Gasteiger charge is 2.12. The van der Waals surface area contributed by atoms with Gasteiger partial charge in [-0.3, -0.25) is 0 Å². The van der Waals surface area contributed by atoms with Crippen LogP contribution in [-0.4, -0.2) is 18.3 Å². The van der Waals surface area contributed by atoms with Crippen molar-refractivity contribution in [1.82, 2.24) is 5.32 Å². The number of anilines is 1. The molecule has 0 unspecified atom stereocenters. The molecule has 0 aliphatic heterocycles. The van der Waals surface area contributed by atoms with Crippen molar-refractivity contribution in [3.63, 3.8) is 0 Å². The summed E-state index contributed by atoms with van der Waals surface area (Å²) in [6.45, 7) is 1.17. The molecule has 0 aliphatic carbocycles. The number of nitroso groups, excluding NO2 is 1. The Morgan fingerprint density at radius 1 is 0.892 bits per heavy atom. The van der Waals surface area contributed by atoms with Gasteiger partial charge in [-0.2, -0.15) is 0 Å². The lowest BCUT2D eigenvalue weighted by atomic mass is 10.0. The van der Waals surface area contributed by atoms with Crippen LogP contribution in [0.5, 0.6) is 11.5 Å². The summed E-state index contributed by atoms with van der Waals surface area (Å²) in [6.07, 6.45) is 0. The second-order valence-corrected chi connectivity index (χ2v) is 8.38. The van der Waals surface area contributed by atoms with Gasteiger partial charge in [0.05, 0.1) is 12.3 Å². The average Bonchev–Trinajstić information content (AvgIpc) is 2.93. The summed E-state index contributed by atoms with van der Waals surface area (Å²) in [5, 5.41) is 15.1. The Hall–Kier alpha value is -4.27. The van der Waals surface area contributed by atoms with E-state index >= 15 is 4.39 Å². The van der Waals surface area contributed by atoms with Crippen LogP contribution in [0.15, 0.2) is 90.1 Å². The first-order valence-corrected chi connectivity index (χ1v) is 11.8. The molecule has 0 aromatic heterocycles. The van der Waals surface area contributed by atoms with Gasteiger partial charge >= 0.3 is 0 Å². The summed E-state index contributed by atoms with van der Waals surface area (Å²) in [5.74, 6) is 0.767. The first-order valence-electron chi connectivity index (χ1n) is 11.8. The van der Waals surface area contributed by atoms with Crippen LogP contribution >= 0.6 is 0 Å². The average molecular weight is 502 g/mol. The Morgan fingerprint density at radius 3 is 2.49 bits per heavy atom. The predicted molar refractivity (Wildman–Crippen MR) is 142 cm³/mol. The van der Waals surface area contributed by atoms with Crippen molar-refractivity contribution < 1.29 is 19.0 Å². The number of hydrogen-bond acceptors (Lipinski definition) is 7. The van der Waals surface area contributed by atoms with Crippen LogP contribution in [0.1, 0.15) is 16.7 Å². The zero-order valence-corrected chi connectivity index (χ0v) is 20.2. The summed E-state index contributed by atoms with van der Waals surface area (Å²) < 4.78 is 27.2. The van der Waals surface area contributed by atoms with Crippen LogP contribution in [0.2, 0.25) is 0 Å². The van der Waals surface area contributed by atoms with Crippen LogP contribution < -0.4 is 20.5 Å². The predicted octanol–water partition coefficient (Wildman–Crippen LogP) is 5.71. The van der Waals surface area contributed by atoms with Gasteiger partial charge in [-0.25, -0.2) is 4.39 Å². The Kier molecular flexibility index (Phi) is 8.80. The van der Waals surface area contributed by atoms with E-state index in [9.17, 15) is 4.91 Å². The summed E-state index contributed by atoms with van der Waals surface area (Å²) in [6, 6.07) is 25.0. The largest absolute Gasteiger partial charge is 0.489 e. The molecule has 190 valence electrons. The van der Waals surface area contributed by atoms with Crippen molar-refractivity contribution in [2.45, 2.75) is 19.8 Å². The zero-order valence-electron chi connectivity index (χ0n) is 20.2. The van der Waals surface area contributed by atoms with E-state index in [0.717, 1.165) is 16.7 Å². The van der Waals surface area contributed by atoms with Crippen molar-refractivity contribution in [3.8, 4) is 22.6 Å². The van der Waals surface area contributed by atoms with Gasteiger partial charge in [-0.1, -0.05) is 60.7 Å². The number of nitrogens with two attached hydrogens (primary N) is 1. The maximum atomic E-state index is 15.2. The summed E-state index contributed by atoms with van der Waals surface area (Å²) in [4.78, 5) is 10.8. The maximum absolute atomic E-state index is 15.2. The van der Waals surface area contributed by atoms with Crippen LogP contribution in [0.25, 0.3) is 11.1 Å². The normalized spacial score (nSPS) is 10.8. The van der Waals surface area contributed by atoms with Gasteiger partial charge in [0, 0.05) is 35.8 Å². The topological polar surface area (TPSA) is 106 Å². The molecule has 8 heteroatoms. The fraction of sp³-hybridized carbons (Fsp3) is 0.172. The number of nitrogens with zero attached hydrogens (tertiary/aromatic N) is 1. The van der Waals surface area contributed by atoms with E-state index in [-0.39, 0.29) is 37.0 Å². The van der Waals surface area contributed by atoms with Gasteiger partial charge in [-0.15, -0.1) is 4.91 Å². The third-order valence-corrected chi connectivity index (χ3v) is 5.79. The minimum atomic E-state index is -0.319. The molecule has 4 aromatic rings. The molecule has 0 spiro atoms. The van der Waals surface area contributed by atoms with Gasteiger partial charge in [0.1, 0.15) is 36.2 Å². The summed E-state index contributed by atoms with van der Waals surface area (Å²) in [5.41, 5.74) is 9.70. The second kappa shape index (κ2) is 12.6. The molecule has 4 aromatic carbocycles. The lowest BCUT2D eigenvalue weighted by molar-refractivity contribution is 0.281. The minimum Gasteiger partial charge on any atom is -0.489 e. The molecule has 4 rings (SSSR count). The SMILES string of the molecule is Nc1cc(COc2cc(OCc3cccc(-c4ccccc4)c3F)ccc2CNCCO)ccc1N=O. The van der Waals surface area contributed by atoms with Crippen molar-refractivity contribution in [2.75, 3.05) is 18.9 Å². The number of ether oxygens (including phenoxy) is 2. The Bertz CT molecular complexity index is 1350. The smallest absolute Gasteiger partial charge is 0.137 e. The quantitative estimate of drug-likeness (QED) is 0.130. The van der Waals surface area contributed by atoms with E-state index < -0.39 is 0 Å². The molecule has 0 amide bonds. The van der Waals surface area contributed by atoms with E-state index in [2.05, 4.69) is 10.5 Å². The summed E-state index contributed by atoms with van der Waals surface area (Å²) in [7, 11) is 0. The first-order chi connectivity index (χ1) is 18.1. The van der Waals surface area contributed by atoms with Gasteiger partial charge in [-0.05, 0) is 34.5 Å². The molecule has 0 atom stereocenters. The van der Waals surface area contributed by atoms with Crippen LogP contribution in [0, 0.1) is 10.7 Å². The molecule has 0 saturated heterocycles. The van der Waals surface area contributed by atoms with Gasteiger partial charge in [0.15, 0.2) is 0 Å². The first kappa shape index (κ1) is 25.8. The molecule has 0 fully saturated rings. The molecular formula is C29H28FN3O4.